The lowest BCUT2D eigenvalue weighted by molar-refractivity contribution is -0.135. The Bertz CT molecular complexity index is 731. The van der Waals surface area contributed by atoms with Gasteiger partial charge in [0.15, 0.2) is 5.82 Å². The molecule has 8 heteroatoms. The summed E-state index contributed by atoms with van der Waals surface area (Å²) in [6.45, 7) is 5.98. The number of hydrogen-bond donors (Lipinski definition) is 1. The monoisotopic (exact) mass is 361 g/mol. The lowest BCUT2D eigenvalue weighted by atomic mass is 10.1. The fourth-order valence-electron chi connectivity index (χ4n) is 2.69. The molecule has 1 aliphatic heterocycles. The van der Waals surface area contributed by atoms with E-state index in [1.54, 1.807) is 0 Å². The number of hydrogen-bond acceptors (Lipinski definition) is 6. The highest BCUT2D eigenvalue weighted by Gasteiger charge is 2.23. The van der Waals surface area contributed by atoms with Gasteiger partial charge < -0.3 is 15.5 Å². The van der Waals surface area contributed by atoms with Crippen LogP contribution < -0.4 is 5.84 Å². The molecule has 1 unspecified atom stereocenters. The van der Waals surface area contributed by atoms with Gasteiger partial charge in [0.1, 0.15) is 0 Å². The Morgan fingerprint density at radius 2 is 2.12 bits per heavy atom. The van der Waals surface area contributed by atoms with Crippen molar-refractivity contribution in [1.82, 2.24) is 19.8 Å². The van der Waals surface area contributed by atoms with Crippen molar-refractivity contribution in [3.05, 3.63) is 29.8 Å². The van der Waals surface area contributed by atoms with Gasteiger partial charge in [-0.2, -0.15) is 0 Å². The van der Waals surface area contributed by atoms with Crippen molar-refractivity contribution >= 4 is 17.7 Å². The molecule has 1 aromatic carbocycles. The van der Waals surface area contributed by atoms with E-state index in [4.69, 9.17) is 10.6 Å². The number of carbonyl (C=O) groups excluding carboxylic acids is 1. The summed E-state index contributed by atoms with van der Waals surface area (Å²) >= 11 is 1.31. The predicted molar refractivity (Wildman–Crippen MR) is 97.7 cm³/mol. The second kappa shape index (κ2) is 7.88. The quantitative estimate of drug-likeness (QED) is 0.644. The Hall–Kier alpha value is -2.06. The Balaban J connectivity index is 1.62. The van der Waals surface area contributed by atoms with Crippen LogP contribution in [-0.4, -0.2) is 57.2 Å². The summed E-state index contributed by atoms with van der Waals surface area (Å²) in [5, 5.41) is 8.80. The van der Waals surface area contributed by atoms with Gasteiger partial charge in [0, 0.05) is 18.7 Å². The van der Waals surface area contributed by atoms with Gasteiger partial charge in [-0.1, -0.05) is 48.5 Å². The van der Waals surface area contributed by atoms with Gasteiger partial charge in [-0.3, -0.25) is 4.79 Å². The van der Waals surface area contributed by atoms with Gasteiger partial charge in [-0.05, 0) is 13.3 Å². The van der Waals surface area contributed by atoms with Crippen LogP contribution in [0.3, 0.4) is 0 Å². The first kappa shape index (κ1) is 17.8. The molecule has 1 aromatic heterocycles. The number of morpholine rings is 1. The second-order valence-corrected chi connectivity index (χ2v) is 7.01. The number of nitrogens with two attached hydrogens (primary N) is 1. The first-order valence-corrected chi connectivity index (χ1v) is 9.36. The van der Waals surface area contributed by atoms with Crippen LogP contribution in [-0.2, 0) is 9.53 Å². The second-order valence-electron chi connectivity index (χ2n) is 6.07. The number of carbonyl (C=O) groups is 1. The molecule has 2 N–H and O–H groups in total. The van der Waals surface area contributed by atoms with E-state index in [9.17, 15) is 4.79 Å². The average Bonchev–Trinajstić information content (AvgIpc) is 3.01. The van der Waals surface area contributed by atoms with E-state index in [0.717, 1.165) is 12.0 Å². The van der Waals surface area contributed by atoms with E-state index in [1.165, 1.54) is 22.0 Å². The van der Waals surface area contributed by atoms with Gasteiger partial charge in [0.25, 0.3) is 0 Å². The first-order chi connectivity index (χ1) is 12.1. The predicted octanol–water partition coefficient (Wildman–Crippen LogP) is 1.70. The summed E-state index contributed by atoms with van der Waals surface area (Å²) in [6.07, 6.45) is 1.04. The van der Waals surface area contributed by atoms with Crippen LogP contribution in [0, 0.1) is 6.92 Å². The van der Waals surface area contributed by atoms with Crippen LogP contribution in [0.4, 0.5) is 0 Å². The molecule has 1 atom stereocenters. The highest BCUT2D eigenvalue weighted by molar-refractivity contribution is 7.99. The minimum Gasteiger partial charge on any atom is -0.375 e. The van der Waals surface area contributed by atoms with Gasteiger partial charge in [-0.15, -0.1) is 10.2 Å². The molecule has 7 nitrogen and oxygen atoms in total. The summed E-state index contributed by atoms with van der Waals surface area (Å²) in [5.41, 5.74) is 2.07. The van der Waals surface area contributed by atoms with Crippen molar-refractivity contribution in [3.63, 3.8) is 0 Å². The number of thioether (sulfide) groups is 1. The molecular weight excluding hydrogens is 338 g/mol. The number of aromatic nitrogens is 3. The number of amides is 1. The van der Waals surface area contributed by atoms with Crippen LogP contribution >= 0.6 is 11.8 Å². The highest BCUT2D eigenvalue weighted by Crippen LogP contribution is 2.22. The zero-order chi connectivity index (χ0) is 17.8. The van der Waals surface area contributed by atoms with Crippen LogP contribution in [0.25, 0.3) is 11.4 Å². The lowest BCUT2D eigenvalue weighted by Gasteiger charge is -2.32. The molecule has 2 aromatic rings. The maximum atomic E-state index is 12.4. The van der Waals surface area contributed by atoms with E-state index >= 15 is 0 Å². The molecule has 1 saturated heterocycles. The fraction of sp³-hybridized carbons (Fsp3) is 0.471. The molecule has 1 aliphatic rings. The fourth-order valence-corrected chi connectivity index (χ4v) is 3.44. The number of rotatable bonds is 5. The van der Waals surface area contributed by atoms with Crippen molar-refractivity contribution in [2.75, 3.05) is 31.3 Å². The highest BCUT2D eigenvalue weighted by atomic mass is 32.2. The summed E-state index contributed by atoms with van der Waals surface area (Å²) in [4.78, 5) is 14.3. The van der Waals surface area contributed by atoms with E-state index in [1.807, 2.05) is 36.1 Å². The van der Waals surface area contributed by atoms with Gasteiger partial charge in [0.05, 0.1) is 18.5 Å². The summed E-state index contributed by atoms with van der Waals surface area (Å²) in [6, 6.07) is 7.92. The van der Waals surface area contributed by atoms with Crippen LogP contribution in [0.15, 0.2) is 29.4 Å². The van der Waals surface area contributed by atoms with Crippen molar-refractivity contribution in [2.45, 2.75) is 31.5 Å². The first-order valence-electron chi connectivity index (χ1n) is 8.38. The number of ether oxygens (including phenoxy) is 1. The van der Waals surface area contributed by atoms with E-state index in [2.05, 4.69) is 17.1 Å². The average molecular weight is 361 g/mol. The Kier molecular flexibility index (Phi) is 5.60. The number of nitrogen functional groups attached to an aromatic ring is 1. The van der Waals surface area contributed by atoms with Crippen molar-refractivity contribution in [3.8, 4) is 11.4 Å². The molecule has 3 rings (SSSR count). The van der Waals surface area contributed by atoms with Crippen molar-refractivity contribution in [1.29, 1.82) is 0 Å². The topological polar surface area (TPSA) is 86.3 Å². The van der Waals surface area contributed by atoms with Crippen molar-refractivity contribution < 1.29 is 9.53 Å². The zero-order valence-corrected chi connectivity index (χ0v) is 15.3. The van der Waals surface area contributed by atoms with Crippen LogP contribution in [0.5, 0.6) is 0 Å². The molecular formula is C17H23N5O2S. The van der Waals surface area contributed by atoms with Gasteiger partial charge in [0.2, 0.25) is 11.1 Å². The largest absolute Gasteiger partial charge is 0.375 e. The summed E-state index contributed by atoms with van der Waals surface area (Å²) in [5.74, 6) is 7.06. The van der Waals surface area contributed by atoms with E-state index in [0.29, 0.717) is 36.4 Å². The molecule has 1 fully saturated rings. The third-order valence-corrected chi connectivity index (χ3v) is 5.17. The normalized spacial score (nSPS) is 17.7. The smallest absolute Gasteiger partial charge is 0.233 e. The van der Waals surface area contributed by atoms with Crippen LogP contribution in [0.1, 0.15) is 18.9 Å². The van der Waals surface area contributed by atoms with Crippen molar-refractivity contribution in [2.24, 2.45) is 0 Å². The van der Waals surface area contributed by atoms with E-state index < -0.39 is 0 Å². The standard InChI is InChI=1S/C17H23N5O2S/c1-3-14-10-21(8-9-24-14)15(23)11-25-17-20-19-16(22(17)18)13-6-4-12(2)5-7-13/h4-7,14H,3,8-11,18H2,1-2H3. The minimum atomic E-state index is 0.0756. The molecule has 0 bridgehead atoms. The Labute approximate surface area is 151 Å². The maximum Gasteiger partial charge on any atom is 0.233 e. The third-order valence-electron chi connectivity index (χ3n) is 4.25. The SMILES string of the molecule is CCC1CN(C(=O)CSc2nnc(-c3ccc(C)cc3)n2N)CCO1. The van der Waals surface area contributed by atoms with E-state index in [-0.39, 0.29) is 12.0 Å². The van der Waals surface area contributed by atoms with Crippen LogP contribution in [0.2, 0.25) is 0 Å². The number of aryl methyl sites for hydroxylation is 1. The Morgan fingerprint density at radius 1 is 1.36 bits per heavy atom. The van der Waals surface area contributed by atoms with Gasteiger partial charge >= 0.3 is 0 Å². The molecule has 0 spiro atoms. The van der Waals surface area contributed by atoms with Gasteiger partial charge in [-0.25, -0.2) is 4.68 Å². The number of benzene rings is 1. The summed E-state index contributed by atoms with van der Waals surface area (Å²) in [7, 11) is 0. The zero-order valence-electron chi connectivity index (χ0n) is 14.5. The third kappa shape index (κ3) is 4.13. The summed E-state index contributed by atoms with van der Waals surface area (Å²) < 4.78 is 7.04. The molecule has 0 aliphatic carbocycles. The maximum absolute atomic E-state index is 12.4. The number of nitrogens with zero attached hydrogens (tertiary/aromatic N) is 4. The minimum absolute atomic E-state index is 0.0756. The lowest BCUT2D eigenvalue weighted by Crippen LogP contribution is -2.46. The molecule has 25 heavy (non-hydrogen) atoms. The molecule has 0 radical (unpaired) electrons. The molecule has 1 amide bonds. The molecule has 134 valence electrons. The Morgan fingerprint density at radius 3 is 2.84 bits per heavy atom. The molecule has 2 heterocycles. The molecule has 0 saturated carbocycles.